The molecule has 3 aliphatic rings. The molecule has 5 rings (SSSR count). The summed E-state index contributed by atoms with van der Waals surface area (Å²) in [5, 5.41) is 0.700. The zero-order chi connectivity index (χ0) is 25.4. The fourth-order valence-electron chi connectivity index (χ4n) is 5.92. The molecule has 1 atom stereocenters. The first-order valence-corrected chi connectivity index (χ1v) is 14.4. The Bertz CT molecular complexity index is 1200. The molecule has 6 nitrogen and oxygen atoms in total. The Balaban J connectivity index is 1.31. The molecule has 3 heterocycles. The minimum Gasteiger partial charge on any atom is -0.351 e. The summed E-state index contributed by atoms with van der Waals surface area (Å²) in [6.07, 6.45) is 10.2. The number of hydrogen-bond donors (Lipinski definition) is 1. The number of pyridine rings is 1. The lowest BCUT2D eigenvalue weighted by atomic mass is 9.76. The second-order valence-electron chi connectivity index (χ2n) is 10.0. The quantitative estimate of drug-likeness (QED) is 0.430. The van der Waals surface area contributed by atoms with Gasteiger partial charge in [-0.1, -0.05) is 39.7 Å². The maximum atomic E-state index is 13.1. The average molecular weight is 637 g/mol. The highest BCUT2D eigenvalue weighted by atomic mass is 79.9. The van der Waals surface area contributed by atoms with Gasteiger partial charge in [-0.2, -0.15) is 0 Å². The van der Waals surface area contributed by atoms with Gasteiger partial charge in [-0.05, 0) is 88.3 Å². The van der Waals surface area contributed by atoms with Crippen LogP contribution in [-0.4, -0.2) is 52.9 Å². The summed E-state index contributed by atoms with van der Waals surface area (Å²) in [6, 6.07) is 5.74. The number of nitrogens with zero attached hydrogens (tertiary/aromatic N) is 3. The molecule has 2 aromatic rings. The Labute approximate surface area is 233 Å². The van der Waals surface area contributed by atoms with Crippen molar-refractivity contribution in [3.63, 3.8) is 0 Å². The third-order valence-electron chi connectivity index (χ3n) is 7.84. The standard InChI is InChI=1S/C27H29Br2ClN4O2/c28-20-12-19-2-1-18-13-21(30)14-22(29)24(18)25(26(19)32-15-20)17-5-9-33(10-6-17)23(35)11-16-3-7-34(8-4-16)27(31)36/h1-2,12-17,25H,3-11H2,(H2,31,36)/t25-/m1/s1. The Morgan fingerprint density at radius 3 is 2.33 bits per heavy atom. The van der Waals surface area contributed by atoms with E-state index < -0.39 is 0 Å². The van der Waals surface area contributed by atoms with Crippen LogP contribution in [0.4, 0.5) is 4.79 Å². The molecule has 36 heavy (non-hydrogen) atoms. The highest BCUT2D eigenvalue weighted by Gasteiger charge is 2.36. The topological polar surface area (TPSA) is 79.5 Å². The fraction of sp³-hybridized carbons (Fsp3) is 0.444. The Morgan fingerprint density at radius 2 is 1.64 bits per heavy atom. The molecule has 0 bridgehead atoms. The van der Waals surface area contributed by atoms with Crippen molar-refractivity contribution in [2.45, 2.75) is 38.0 Å². The number of carbonyl (C=O) groups excluding carboxylic acids is 2. The van der Waals surface area contributed by atoms with Crippen molar-refractivity contribution in [3.8, 4) is 0 Å². The van der Waals surface area contributed by atoms with E-state index in [2.05, 4.69) is 50.1 Å². The molecule has 2 saturated heterocycles. The van der Waals surface area contributed by atoms with E-state index in [9.17, 15) is 9.59 Å². The third-order valence-corrected chi connectivity index (χ3v) is 9.15. The minimum atomic E-state index is -0.366. The molecule has 1 aromatic heterocycles. The molecule has 0 spiro atoms. The van der Waals surface area contributed by atoms with Crippen LogP contribution >= 0.6 is 43.5 Å². The number of urea groups is 1. The van der Waals surface area contributed by atoms with E-state index in [1.165, 1.54) is 5.56 Å². The second-order valence-corrected chi connectivity index (χ2v) is 12.2. The highest BCUT2D eigenvalue weighted by Crippen LogP contribution is 2.46. The summed E-state index contributed by atoms with van der Waals surface area (Å²) in [5.74, 6) is 1.02. The number of amides is 3. The van der Waals surface area contributed by atoms with Gasteiger partial charge < -0.3 is 15.5 Å². The van der Waals surface area contributed by atoms with Crippen molar-refractivity contribution in [1.29, 1.82) is 0 Å². The van der Waals surface area contributed by atoms with Crippen molar-refractivity contribution < 1.29 is 9.59 Å². The first-order chi connectivity index (χ1) is 17.3. The van der Waals surface area contributed by atoms with Gasteiger partial charge in [0.25, 0.3) is 0 Å². The summed E-state index contributed by atoms with van der Waals surface area (Å²) < 4.78 is 1.95. The maximum Gasteiger partial charge on any atom is 0.314 e. The van der Waals surface area contributed by atoms with Crippen molar-refractivity contribution in [2.75, 3.05) is 26.2 Å². The number of rotatable bonds is 3. The molecular weight excluding hydrogens is 608 g/mol. The van der Waals surface area contributed by atoms with Gasteiger partial charge in [0.05, 0.1) is 5.69 Å². The van der Waals surface area contributed by atoms with E-state index in [0.717, 1.165) is 64.5 Å². The lowest BCUT2D eigenvalue weighted by Gasteiger charge is -2.38. The van der Waals surface area contributed by atoms with Crippen LogP contribution in [0.3, 0.4) is 0 Å². The van der Waals surface area contributed by atoms with Gasteiger partial charge in [0.1, 0.15) is 0 Å². The number of nitrogens with two attached hydrogens (primary N) is 1. The molecule has 0 radical (unpaired) electrons. The predicted octanol–water partition coefficient (Wildman–Crippen LogP) is 6.30. The lowest BCUT2D eigenvalue weighted by molar-refractivity contribution is -0.134. The first-order valence-electron chi connectivity index (χ1n) is 12.4. The smallest absolute Gasteiger partial charge is 0.314 e. The van der Waals surface area contributed by atoms with Gasteiger partial charge in [0, 0.05) is 58.7 Å². The third kappa shape index (κ3) is 5.36. The monoisotopic (exact) mass is 634 g/mol. The lowest BCUT2D eigenvalue weighted by Crippen LogP contribution is -2.44. The molecule has 1 aliphatic carbocycles. The summed E-state index contributed by atoms with van der Waals surface area (Å²) >= 11 is 13.8. The second kappa shape index (κ2) is 10.8. The van der Waals surface area contributed by atoms with Crippen LogP contribution < -0.4 is 5.73 Å². The van der Waals surface area contributed by atoms with E-state index in [1.54, 1.807) is 4.90 Å². The molecule has 0 unspecified atom stereocenters. The number of hydrogen-bond acceptors (Lipinski definition) is 3. The number of piperidine rings is 2. The van der Waals surface area contributed by atoms with Crippen molar-refractivity contribution >= 4 is 67.6 Å². The Kier molecular flexibility index (Phi) is 7.75. The summed E-state index contributed by atoms with van der Waals surface area (Å²) in [6.45, 7) is 2.79. The van der Waals surface area contributed by atoms with E-state index >= 15 is 0 Å². The molecule has 2 N–H and O–H groups in total. The van der Waals surface area contributed by atoms with E-state index in [0.29, 0.717) is 36.4 Å². The highest BCUT2D eigenvalue weighted by molar-refractivity contribution is 9.10. The van der Waals surface area contributed by atoms with Gasteiger partial charge in [0.2, 0.25) is 5.91 Å². The Hall–Kier alpha value is -1.90. The summed E-state index contributed by atoms with van der Waals surface area (Å²) in [5.41, 5.74) is 9.89. The van der Waals surface area contributed by atoms with Gasteiger partial charge in [-0.3, -0.25) is 9.78 Å². The van der Waals surface area contributed by atoms with Crippen LogP contribution in [-0.2, 0) is 4.79 Å². The number of fused-ring (bicyclic) bond motifs is 2. The van der Waals surface area contributed by atoms with Crippen LogP contribution in [0.15, 0.2) is 33.3 Å². The van der Waals surface area contributed by atoms with Crippen LogP contribution in [0.25, 0.3) is 12.2 Å². The van der Waals surface area contributed by atoms with Gasteiger partial charge in [-0.15, -0.1) is 0 Å². The maximum absolute atomic E-state index is 13.1. The van der Waals surface area contributed by atoms with E-state index in [-0.39, 0.29) is 17.9 Å². The normalized spacial score (nSPS) is 20.6. The number of primary amides is 1. The predicted molar refractivity (Wildman–Crippen MR) is 150 cm³/mol. The SMILES string of the molecule is NC(=O)N1CCC(CC(=O)N2CCC([C@H]3c4ncc(Br)cc4C=Cc4cc(Cl)cc(Br)c43)CC2)CC1. The van der Waals surface area contributed by atoms with Crippen molar-refractivity contribution in [3.05, 3.63) is 60.7 Å². The first kappa shape index (κ1) is 25.7. The molecular formula is C27H29Br2ClN4O2. The van der Waals surface area contributed by atoms with Crippen LogP contribution in [0.2, 0.25) is 5.02 Å². The zero-order valence-corrected chi connectivity index (χ0v) is 23.9. The summed E-state index contributed by atoms with van der Waals surface area (Å²) in [4.78, 5) is 33.1. The van der Waals surface area contributed by atoms with E-state index in [1.807, 2.05) is 23.2 Å². The van der Waals surface area contributed by atoms with E-state index in [4.69, 9.17) is 22.3 Å². The number of aromatic nitrogens is 1. The molecule has 3 amide bonds. The van der Waals surface area contributed by atoms with Crippen molar-refractivity contribution in [2.24, 2.45) is 17.6 Å². The number of halogens is 3. The number of carbonyl (C=O) groups is 2. The molecule has 0 saturated carbocycles. The van der Waals surface area contributed by atoms with Gasteiger partial charge in [0.15, 0.2) is 0 Å². The largest absolute Gasteiger partial charge is 0.351 e. The number of benzene rings is 1. The molecule has 190 valence electrons. The van der Waals surface area contributed by atoms with Gasteiger partial charge in [-0.25, -0.2) is 4.79 Å². The zero-order valence-electron chi connectivity index (χ0n) is 19.9. The summed E-state index contributed by atoms with van der Waals surface area (Å²) in [7, 11) is 0. The average Bonchev–Trinajstić information content (AvgIpc) is 3.01. The molecule has 9 heteroatoms. The van der Waals surface area contributed by atoms with Crippen LogP contribution in [0.5, 0.6) is 0 Å². The minimum absolute atomic E-state index is 0.111. The van der Waals surface area contributed by atoms with Crippen LogP contribution in [0, 0.1) is 11.8 Å². The Morgan fingerprint density at radius 1 is 0.972 bits per heavy atom. The molecule has 2 fully saturated rings. The van der Waals surface area contributed by atoms with Gasteiger partial charge >= 0.3 is 6.03 Å². The molecule has 2 aliphatic heterocycles. The fourth-order valence-corrected chi connectivity index (χ4v) is 7.35. The van der Waals surface area contributed by atoms with Crippen LogP contribution in [0.1, 0.15) is 60.4 Å². The number of likely N-dealkylation sites (tertiary alicyclic amines) is 2. The molecule has 1 aromatic carbocycles. The van der Waals surface area contributed by atoms with Crippen molar-refractivity contribution in [1.82, 2.24) is 14.8 Å².